The number of thiophene rings is 1. The number of nitrogens with one attached hydrogen (secondary N) is 1. The standard InChI is InChI=1S/C12H16ClN5S/c1-18-8-10(13)11(17-18)7-16-12(14)15-5-4-9-3-2-6-19-9/h2-3,6,8H,4-5,7H2,1H3,(H3,14,15,16). The van der Waals surface area contributed by atoms with E-state index in [1.165, 1.54) is 4.88 Å². The number of aromatic nitrogens is 2. The lowest BCUT2D eigenvalue weighted by Gasteiger charge is -2.03. The van der Waals surface area contributed by atoms with Crippen molar-refractivity contribution < 1.29 is 0 Å². The normalized spacial score (nSPS) is 11.8. The summed E-state index contributed by atoms with van der Waals surface area (Å²) in [6, 6.07) is 4.15. The van der Waals surface area contributed by atoms with Crippen LogP contribution in [0.25, 0.3) is 0 Å². The fourth-order valence-corrected chi connectivity index (χ4v) is 2.55. The monoisotopic (exact) mass is 297 g/mol. The number of halogens is 1. The highest BCUT2D eigenvalue weighted by atomic mass is 35.5. The van der Waals surface area contributed by atoms with Crippen molar-refractivity contribution in [3.63, 3.8) is 0 Å². The van der Waals surface area contributed by atoms with Crippen molar-refractivity contribution in [1.29, 1.82) is 0 Å². The lowest BCUT2D eigenvalue weighted by Crippen LogP contribution is -2.33. The van der Waals surface area contributed by atoms with E-state index in [2.05, 4.69) is 26.9 Å². The van der Waals surface area contributed by atoms with Gasteiger partial charge < -0.3 is 11.1 Å². The number of rotatable bonds is 5. The maximum absolute atomic E-state index is 5.99. The molecule has 2 aromatic rings. The number of nitrogens with two attached hydrogens (primary N) is 1. The van der Waals surface area contributed by atoms with E-state index in [-0.39, 0.29) is 0 Å². The molecule has 5 nitrogen and oxygen atoms in total. The number of nitrogens with zero attached hydrogens (tertiary/aromatic N) is 3. The van der Waals surface area contributed by atoms with Crippen LogP contribution in [0, 0.1) is 0 Å². The lowest BCUT2D eigenvalue weighted by atomic mass is 10.3. The SMILES string of the molecule is Cn1cc(Cl)c(CN=C(N)NCCc2cccs2)n1. The number of aryl methyl sites for hydroxylation is 1. The van der Waals surface area contributed by atoms with Crippen LogP contribution in [0.15, 0.2) is 28.7 Å². The third kappa shape index (κ3) is 4.25. The van der Waals surface area contributed by atoms with Gasteiger partial charge in [0.1, 0.15) is 5.69 Å². The van der Waals surface area contributed by atoms with Crippen molar-refractivity contribution in [2.24, 2.45) is 17.8 Å². The fraction of sp³-hybridized carbons (Fsp3) is 0.333. The molecule has 0 unspecified atom stereocenters. The van der Waals surface area contributed by atoms with Crippen LogP contribution in [0.1, 0.15) is 10.6 Å². The Balaban J connectivity index is 1.78. The third-order valence-corrected chi connectivity index (χ3v) is 3.76. The smallest absolute Gasteiger partial charge is 0.188 e. The van der Waals surface area contributed by atoms with E-state index >= 15 is 0 Å². The van der Waals surface area contributed by atoms with Gasteiger partial charge in [0, 0.05) is 24.7 Å². The molecule has 0 aromatic carbocycles. The molecule has 0 bridgehead atoms. The molecule has 0 amide bonds. The Kier molecular flexibility index (Phi) is 4.81. The van der Waals surface area contributed by atoms with Gasteiger partial charge in [-0.15, -0.1) is 11.3 Å². The molecule has 0 aliphatic carbocycles. The van der Waals surface area contributed by atoms with Crippen molar-refractivity contribution in [2.45, 2.75) is 13.0 Å². The van der Waals surface area contributed by atoms with E-state index in [1.54, 1.807) is 22.2 Å². The maximum Gasteiger partial charge on any atom is 0.188 e. The van der Waals surface area contributed by atoms with Gasteiger partial charge in [-0.3, -0.25) is 4.68 Å². The minimum absolute atomic E-state index is 0.386. The Morgan fingerprint density at radius 3 is 3.11 bits per heavy atom. The van der Waals surface area contributed by atoms with E-state index in [4.69, 9.17) is 17.3 Å². The van der Waals surface area contributed by atoms with Crippen LogP contribution >= 0.6 is 22.9 Å². The predicted octanol–water partition coefficient (Wildman–Crippen LogP) is 1.78. The van der Waals surface area contributed by atoms with Gasteiger partial charge in [0.15, 0.2) is 5.96 Å². The van der Waals surface area contributed by atoms with Gasteiger partial charge >= 0.3 is 0 Å². The van der Waals surface area contributed by atoms with Crippen LogP contribution < -0.4 is 11.1 Å². The first-order chi connectivity index (χ1) is 9.15. The highest BCUT2D eigenvalue weighted by molar-refractivity contribution is 7.09. The van der Waals surface area contributed by atoms with E-state index in [9.17, 15) is 0 Å². The summed E-state index contributed by atoms with van der Waals surface area (Å²) in [5, 5.41) is 9.95. The minimum Gasteiger partial charge on any atom is -0.370 e. The second-order valence-electron chi connectivity index (χ2n) is 4.06. The molecular formula is C12H16ClN5S. The first-order valence-electron chi connectivity index (χ1n) is 5.89. The summed E-state index contributed by atoms with van der Waals surface area (Å²) in [6.45, 7) is 1.16. The summed E-state index contributed by atoms with van der Waals surface area (Å²) < 4.78 is 1.66. The Labute approximate surface area is 121 Å². The zero-order valence-corrected chi connectivity index (χ0v) is 12.2. The van der Waals surface area contributed by atoms with E-state index in [0.29, 0.717) is 17.5 Å². The summed E-state index contributed by atoms with van der Waals surface area (Å²) >= 11 is 7.73. The van der Waals surface area contributed by atoms with Crippen LogP contribution in [-0.4, -0.2) is 22.3 Å². The molecule has 0 spiro atoms. The van der Waals surface area contributed by atoms with Gasteiger partial charge in [0.25, 0.3) is 0 Å². The molecule has 2 aromatic heterocycles. The molecule has 2 rings (SSSR count). The Hall–Kier alpha value is -1.53. The molecule has 0 atom stereocenters. The van der Waals surface area contributed by atoms with Gasteiger partial charge in [-0.25, -0.2) is 4.99 Å². The predicted molar refractivity (Wildman–Crippen MR) is 79.6 cm³/mol. The average molecular weight is 298 g/mol. The van der Waals surface area contributed by atoms with Gasteiger partial charge in [0.2, 0.25) is 0 Å². The zero-order chi connectivity index (χ0) is 13.7. The number of aliphatic imine (C=N–C) groups is 1. The average Bonchev–Trinajstić information content (AvgIpc) is 2.97. The molecule has 0 saturated heterocycles. The van der Waals surface area contributed by atoms with Gasteiger partial charge in [-0.05, 0) is 17.9 Å². The summed E-state index contributed by atoms with van der Waals surface area (Å²) in [6.07, 6.45) is 2.69. The van der Waals surface area contributed by atoms with Crippen molar-refractivity contribution >= 4 is 28.9 Å². The second-order valence-corrected chi connectivity index (χ2v) is 5.49. The van der Waals surface area contributed by atoms with Crippen molar-refractivity contribution in [3.8, 4) is 0 Å². The molecule has 0 radical (unpaired) electrons. The van der Waals surface area contributed by atoms with Crippen molar-refractivity contribution in [1.82, 2.24) is 15.1 Å². The number of hydrogen-bond acceptors (Lipinski definition) is 3. The van der Waals surface area contributed by atoms with Gasteiger partial charge in [-0.2, -0.15) is 5.10 Å². The van der Waals surface area contributed by atoms with Crippen LogP contribution in [0.2, 0.25) is 5.02 Å². The summed E-state index contributed by atoms with van der Waals surface area (Å²) in [7, 11) is 1.82. The topological polar surface area (TPSA) is 68.2 Å². The molecular weight excluding hydrogens is 282 g/mol. The second kappa shape index (κ2) is 6.58. The zero-order valence-electron chi connectivity index (χ0n) is 10.6. The molecule has 2 heterocycles. The fourth-order valence-electron chi connectivity index (χ4n) is 1.60. The molecule has 7 heteroatoms. The highest BCUT2D eigenvalue weighted by Crippen LogP contribution is 2.13. The first-order valence-corrected chi connectivity index (χ1v) is 7.15. The van der Waals surface area contributed by atoms with Crippen LogP contribution in [0.5, 0.6) is 0 Å². The Morgan fingerprint density at radius 1 is 1.63 bits per heavy atom. The first kappa shape index (κ1) is 13.9. The quantitative estimate of drug-likeness (QED) is 0.653. The summed E-state index contributed by atoms with van der Waals surface area (Å²) in [4.78, 5) is 5.54. The molecule has 0 saturated carbocycles. The third-order valence-electron chi connectivity index (χ3n) is 2.51. The lowest BCUT2D eigenvalue weighted by molar-refractivity contribution is 0.741. The van der Waals surface area contributed by atoms with E-state index < -0.39 is 0 Å². The van der Waals surface area contributed by atoms with Gasteiger partial charge in [0.05, 0.1) is 11.6 Å². The number of hydrogen-bond donors (Lipinski definition) is 2. The van der Waals surface area contributed by atoms with E-state index in [1.807, 2.05) is 13.1 Å². The molecule has 0 fully saturated rings. The van der Waals surface area contributed by atoms with Crippen molar-refractivity contribution in [2.75, 3.05) is 6.54 Å². The largest absolute Gasteiger partial charge is 0.370 e. The van der Waals surface area contributed by atoms with E-state index in [0.717, 1.165) is 18.7 Å². The molecule has 3 N–H and O–H groups in total. The van der Waals surface area contributed by atoms with Crippen molar-refractivity contribution in [3.05, 3.63) is 39.3 Å². The maximum atomic E-state index is 5.99. The molecule has 102 valence electrons. The molecule has 19 heavy (non-hydrogen) atoms. The summed E-state index contributed by atoms with van der Waals surface area (Å²) in [5.41, 5.74) is 6.51. The minimum atomic E-state index is 0.386. The highest BCUT2D eigenvalue weighted by Gasteiger charge is 2.04. The Morgan fingerprint density at radius 2 is 2.47 bits per heavy atom. The molecule has 0 aliphatic heterocycles. The van der Waals surface area contributed by atoms with Crippen LogP contribution in [0.3, 0.4) is 0 Å². The van der Waals surface area contributed by atoms with Crippen LogP contribution in [0.4, 0.5) is 0 Å². The van der Waals surface area contributed by atoms with Gasteiger partial charge in [-0.1, -0.05) is 17.7 Å². The Bertz CT molecular complexity index is 546. The number of guanidine groups is 1. The van der Waals surface area contributed by atoms with Crippen LogP contribution in [-0.2, 0) is 20.0 Å². The molecule has 0 aliphatic rings. The summed E-state index contributed by atoms with van der Waals surface area (Å²) in [5.74, 6) is 0.415.